The first-order chi connectivity index (χ1) is 18.1. The van der Waals surface area contributed by atoms with Crippen LogP contribution in [0, 0.1) is 0 Å². The molecule has 40 heavy (non-hydrogen) atoms. The van der Waals surface area contributed by atoms with Gasteiger partial charge in [-0.1, -0.05) is 74.1 Å². The molecule has 0 saturated carbocycles. The lowest BCUT2D eigenvalue weighted by Crippen LogP contribution is -2.26. The molecule has 2 N–H and O–H groups in total. The Hall–Kier alpha value is -1.88. The average molecular weight is 678 g/mol. The molecule has 5 aromatic heterocycles. The zero-order valence-electron chi connectivity index (χ0n) is 19.7. The molecule has 0 bridgehead atoms. The van der Waals surface area contributed by atoms with Crippen LogP contribution in [0.15, 0.2) is 75.0 Å². The lowest BCUT2D eigenvalue weighted by atomic mass is 9.90. The number of aromatic nitrogens is 4. The normalized spacial score (nSPS) is 10.2. The van der Waals surface area contributed by atoms with Crippen LogP contribution in [0.4, 0.5) is 0 Å². The summed E-state index contributed by atoms with van der Waals surface area (Å²) in [5.74, 6) is 0. The molecule has 0 spiro atoms. The van der Waals surface area contributed by atoms with E-state index in [1.165, 1.54) is 51.8 Å². The summed E-state index contributed by atoms with van der Waals surface area (Å²) in [6.45, 7) is 0. The average Bonchev–Trinajstić information content (AvgIpc) is 3.66. The molecular formula is C24H27BCl2N4O4S5. The molecule has 0 aliphatic rings. The molecule has 16 heteroatoms. The molecule has 5 rings (SSSR count). The Morgan fingerprint density at radius 2 is 1.27 bits per heavy atom. The molecule has 0 unspecified atom stereocenters. The van der Waals surface area contributed by atoms with Crippen molar-refractivity contribution in [1.82, 2.24) is 19.9 Å². The minimum absolute atomic E-state index is 0. The Morgan fingerprint density at radius 3 is 1.60 bits per heavy atom. The third-order valence-corrected chi connectivity index (χ3v) is 8.69. The number of rotatable bonds is 5. The van der Waals surface area contributed by atoms with E-state index in [-0.39, 0.29) is 20.0 Å². The van der Waals surface area contributed by atoms with Gasteiger partial charge in [-0.3, -0.25) is 0 Å². The predicted octanol–water partition coefficient (Wildman–Crippen LogP) is 6.54. The Labute approximate surface area is 261 Å². The van der Waals surface area contributed by atoms with Gasteiger partial charge >= 0.3 is 7.12 Å². The first kappa shape index (κ1) is 36.2. The largest absolute Gasteiger partial charge is 0.499 e. The van der Waals surface area contributed by atoms with E-state index in [4.69, 9.17) is 33.2 Å². The van der Waals surface area contributed by atoms with Gasteiger partial charge in [0, 0.05) is 17.1 Å². The van der Waals surface area contributed by atoms with Crippen molar-refractivity contribution >= 4 is 90.7 Å². The highest BCUT2D eigenvalue weighted by molar-refractivity contribution is 7.98. The minimum atomic E-state index is -3.44. The highest BCUT2D eigenvalue weighted by Gasteiger charge is 2.16. The summed E-state index contributed by atoms with van der Waals surface area (Å²) < 4.78 is 24.1. The van der Waals surface area contributed by atoms with Gasteiger partial charge in [-0.2, -0.15) is 11.3 Å². The molecule has 0 atom stereocenters. The summed E-state index contributed by atoms with van der Waals surface area (Å²) in [7, 11) is -4.74. The number of nitrogens with zero attached hydrogens (tertiary/aromatic N) is 4. The van der Waals surface area contributed by atoms with E-state index in [1.807, 2.05) is 47.3 Å². The summed E-state index contributed by atoms with van der Waals surface area (Å²) in [5.41, 5.74) is 1.28. The van der Waals surface area contributed by atoms with Crippen molar-refractivity contribution in [2.24, 2.45) is 0 Å². The van der Waals surface area contributed by atoms with Crippen molar-refractivity contribution in [3.8, 4) is 21.1 Å². The summed E-state index contributed by atoms with van der Waals surface area (Å²) >= 11 is 16.9. The maximum Gasteiger partial charge on any atom is 0.499 e. The summed E-state index contributed by atoms with van der Waals surface area (Å²) in [5, 5.41) is 23.8. The molecule has 0 aromatic carbocycles. The van der Waals surface area contributed by atoms with Crippen LogP contribution in [0.25, 0.3) is 21.1 Å². The highest BCUT2D eigenvalue weighted by atomic mass is 35.5. The number of thioether (sulfide) groups is 1. The van der Waals surface area contributed by atoms with Crippen LogP contribution in [0.1, 0.15) is 14.9 Å². The van der Waals surface area contributed by atoms with Gasteiger partial charge in [-0.05, 0) is 40.6 Å². The maximum atomic E-state index is 11.8. The first-order valence-electron chi connectivity index (χ1n) is 10.4. The van der Waals surface area contributed by atoms with Crippen LogP contribution in [0.3, 0.4) is 0 Å². The van der Waals surface area contributed by atoms with Gasteiger partial charge in [-0.25, -0.2) is 28.4 Å². The molecule has 0 saturated heterocycles. The van der Waals surface area contributed by atoms with Crippen molar-refractivity contribution in [2.45, 2.75) is 25.2 Å². The van der Waals surface area contributed by atoms with E-state index in [0.29, 0.717) is 31.6 Å². The summed E-state index contributed by atoms with van der Waals surface area (Å²) in [6, 6.07) is 14.4. The van der Waals surface area contributed by atoms with E-state index in [1.54, 1.807) is 17.5 Å². The molecule has 0 aliphatic heterocycles. The van der Waals surface area contributed by atoms with Crippen molar-refractivity contribution in [3.63, 3.8) is 0 Å². The van der Waals surface area contributed by atoms with Gasteiger partial charge in [0.1, 0.15) is 10.3 Å². The summed E-state index contributed by atoms with van der Waals surface area (Å²) in [4.78, 5) is 18.0. The van der Waals surface area contributed by atoms with Gasteiger partial charge in [0.05, 0.1) is 21.1 Å². The molecule has 0 aliphatic carbocycles. The molecule has 0 fully saturated rings. The van der Waals surface area contributed by atoms with Crippen LogP contribution in [-0.4, -0.2) is 58.0 Å². The van der Waals surface area contributed by atoms with Crippen LogP contribution in [0.2, 0.25) is 10.3 Å². The number of hydrogen-bond acceptors (Lipinski definition) is 12. The highest BCUT2D eigenvalue weighted by Crippen LogP contribution is 2.29. The van der Waals surface area contributed by atoms with Crippen molar-refractivity contribution in [2.75, 3.05) is 12.5 Å². The lowest BCUT2D eigenvalue weighted by molar-refractivity contribution is 0.427. The van der Waals surface area contributed by atoms with Gasteiger partial charge in [0.15, 0.2) is 5.16 Å². The monoisotopic (exact) mass is 676 g/mol. The van der Waals surface area contributed by atoms with Crippen LogP contribution in [0.5, 0.6) is 0 Å². The molecule has 5 aromatic rings. The standard InChI is InChI=1S/C13H10N2O2S3.C5H4Cl2N2S.C4H5BO2S.2CH4/c1-20(16,17)13-14-9(11-4-2-6-18-11)8-10(15-13)12-5-3-7-19-12;1-10-5-8-3(6)2-4(7)9-5;6-5(7)4-2-1-3-8-4;;/h2-8H,1H3;2H,1H3;1-3,6-7H;2*1H4. The maximum absolute atomic E-state index is 11.8. The van der Waals surface area contributed by atoms with Crippen LogP contribution < -0.4 is 4.78 Å². The topological polar surface area (TPSA) is 126 Å². The van der Waals surface area contributed by atoms with E-state index in [0.717, 1.165) is 16.0 Å². The fourth-order valence-electron chi connectivity index (χ4n) is 2.59. The van der Waals surface area contributed by atoms with Gasteiger partial charge in [0.25, 0.3) is 0 Å². The number of sulfone groups is 1. The fourth-order valence-corrected chi connectivity index (χ4v) is 5.99. The fraction of sp³-hybridized carbons (Fsp3) is 0.167. The second-order valence-electron chi connectivity index (χ2n) is 7.04. The van der Waals surface area contributed by atoms with Crippen molar-refractivity contribution < 1.29 is 18.5 Å². The molecular weight excluding hydrogens is 650 g/mol. The smallest absolute Gasteiger partial charge is 0.423 e. The Kier molecular flexibility index (Phi) is 15.5. The van der Waals surface area contributed by atoms with Gasteiger partial charge < -0.3 is 10.0 Å². The number of thiophene rings is 3. The van der Waals surface area contributed by atoms with Gasteiger partial charge in [-0.15, -0.1) is 22.7 Å². The van der Waals surface area contributed by atoms with Crippen molar-refractivity contribution in [3.05, 3.63) is 75.0 Å². The number of halogens is 2. The van der Waals surface area contributed by atoms with E-state index in [2.05, 4.69) is 19.9 Å². The van der Waals surface area contributed by atoms with Crippen LogP contribution in [-0.2, 0) is 9.84 Å². The predicted molar refractivity (Wildman–Crippen MR) is 173 cm³/mol. The third kappa shape index (κ3) is 11.2. The Balaban J connectivity index is 0.000000337. The first-order valence-corrected chi connectivity index (χ1v) is 16.9. The zero-order valence-corrected chi connectivity index (χ0v) is 25.3. The SMILES string of the molecule is C.C.CS(=O)(=O)c1nc(-c2cccs2)cc(-c2cccs2)n1.CSc1nc(Cl)cc(Cl)n1.OB(O)c1cccs1. The van der Waals surface area contributed by atoms with E-state index >= 15 is 0 Å². The number of hydrogen-bond donors (Lipinski definition) is 2. The van der Waals surface area contributed by atoms with Crippen LogP contribution >= 0.6 is 69.0 Å². The molecule has 214 valence electrons. The second-order valence-corrected chi connectivity index (χ2v) is 13.4. The summed E-state index contributed by atoms with van der Waals surface area (Å²) in [6.07, 6.45) is 2.99. The quantitative estimate of drug-likeness (QED) is 0.0923. The molecule has 0 radical (unpaired) electrons. The molecule has 5 heterocycles. The second kappa shape index (κ2) is 17.2. The molecule has 0 amide bonds. The van der Waals surface area contributed by atoms with E-state index in [9.17, 15) is 8.42 Å². The Bertz CT molecular complexity index is 1470. The van der Waals surface area contributed by atoms with E-state index < -0.39 is 17.0 Å². The zero-order chi connectivity index (χ0) is 27.7. The van der Waals surface area contributed by atoms with Crippen molar-refractivity contribution in [1.29, 1.82) is 0 Å². The Morgan fingerprint density at radius 1 is 0.800 bits per heavy atom. The minimum Gasteiger partial charge on any atom is -0.423 e. The third-order valence-electron chi connectivity index (χ3n) is 4.21. The van der Waals surface area contributed by atoms with Gasteiger partial charge in [0.2, 0.25) is 15.0 Å². The molecule has 8 nitrogen and oxygen atoms in total. The lowest BCUT2D eigenvalue weighted by Gasteiger charge is -2.04.